The van der Waals surface area contributed by atoms with Crippen LogP contribution >= 0.6 is 0 Å². The molecule has 146 valence electrons. The zero-order valence-electron chi connectivity index (χ0n) is 15.5. The lowest BCUT2D eigenvalue weighted by atomic mass is 9.98. The average molecular weight is 402 g/mol. The van der Waals surface area contributed by atoms with Crippen molar-refractivity contribution >= 4 is 19.7 Å². The average Bonchev–Trinajstić information content (AvgIpc) is 2.92. The Morgan fingerprint density at radius 1 is 1.15 bits per heavy atom. The highest BCUT2D eigenvalue weighted by molar-refractivity contribution is 7.96. The van der Waals surface area contributed by atoms with Gasteiger partial charge in [0.15, 0.2) is 19.7 Å². The van der Waals surface area contributed by atoms with E-state index in [-0.39, 0.29) is 16.4 Å². The molecule has 2 fully saturated rings. The fourth-order valence-corrected chi connectivity index (χ4v) is 8.91. The number of likely N-dealkylation sites (tertiary alicyclic amines) is 1. The Morgan fingerprint density at radius 3 is 2.38 bits per heavy atom. The number of methoxy groups -OCH3 is 1. The summed E-state index contributed by atoms with van der Waals surface area (Å²) in [5, 5.41) is -0.909. The summed E-state index contributed by atoms with van der Waals surface area (Å²) in [5.41, 5.74) is 0.720. The van der Waals surface area contributed by atoms with Gasteiger partial charge in [-0.3, -0.25) is 4.90 Å². The zero-order valence-corrected chi connectivity index (χ0v) is 17.1. The monoisotopic (exact) mass is 401 g/mol. The van der Waals surface area contributed by atoms with Crippen molar-refractivity contribution in [3.8, 4) is 5.75 Å². The van der Waals surface area contributed by atoms with Gasteiger partial charge in [0.05, 0.1) is 28.8 Å². The van der Waals surface area contributed by atoms with Gasteiger partial charge in [0.25, 0.3) is 0 Å². The number of piperidine rings is 1. The van der Waals surface area contributed by atoms with E-state index >= 15 is 0 Å². The summed E-state index contributed by atoms with van der Waals surface area (Å²) in [5.74, 6) is 0.852. The van der Waals surface area contributed by atoms with E-state index in [1.165, 1.54) is 13.2 Å². The van der Waals surface area contributed by atoms with Crippen molar-refractivity contribution in [1.29, 1.82) is 0 Å². The molecular weight excluding hydrogens is 374 g/mol. The second kappa shape index (κ2) is 7.13. The van der Waals surface area contributed by atoms with E-state index in [0.717, 1.165) is 31.5 Å². The number of hydrogen-bond acceptors (Lipinski definition) is 6. The molecule has 2 aliphatic rings. The third-order valence-corrected chi connectivity index (χ3v) is 9.77. The molecule has 0 radical (unpaired) electrons. The Bertz CT molecular complexity index is 871. The Balaban J connectivity index is 1.94. The van der Waals surface area contributed by atoms with Gasteiger partial charge in [0, 0.05) is 6.04 Å². The molecule has 0 N–H and O–H groups in total. The number of benzene rings is 1. The molecule has 1 aromatic rings. The largest absolute Gasteiger partial charge is 0.496 e. The first kappa shape index (κ1) is 19.6. The van der Waals surface area contributed by atoms with Crippen molar-refractivity contribution in [3.63, 3.8) is 0 Å². The third kappa shape index (κ3) is 3.77. The van der Waals surface area contributed by atoms with Gasteiger partial charge in [-0.25, -0.2) is 16.8 Å². The summed E-state index contributed by atoms with van der Waals surface area (Å²) < 4.78 is 56.3. The maximum Gasteiger partial charge on any atom is 0.183 e. The molecule has 6 nitrogen and oxygen atoms in total. The van der Waals surface area contributed by atoms with Crippen molar-refractivity contribution in [2.75, 3.05) is 31.7 Å². The van der Waals surface area contributed by atoms with Crippen LogP contribution in [-0.2, 0) is 19.7 Å². The second-order valence-electron chi connectivity index (χ2n) is 7.58. The molecule has 0 spiro atoms. The van der Waals surface area contributed by atoms with Crippen molar-refractivity contribution in [2.24, 2.45) is 5.92 Å². The van der Waals surface area contributed by atoms with E-state index in [2.05, 4.69) is 11.8 Å². The van der Waals surface area contributed by atoms with E-state index in [0.29, 0.717) is 11.7 Å². The van der Waals surface area contributed by atoms with E-state index < -0.39 is 31.0 Å². The molecular formula is C18H27NO5S2. The number of aryl methyl sites for hydroxylation is 1. The number of nitrogens with zero attached hydrogens (tertiary/aromatic N) is 1. The second-order valence-corrected chi connectivity index (χ2v) is 11.9. The highest BCUT2D eigenvalue weighted by Gasteiger charge is 2.48. The van der Waals surface area contributed by atoms with Crippen LogP contribution in [0.5, 0.6) is 5.75 Å². The molecule has 3 rings (SSSR count). The van der Waals surface area contributed by atoms with Gasteiger partial charge < -0.3 is 4.74 Å². The van der Waals surface area contributed by atoms with Crippen LogP contribution in [0.2, 0.25) is 0 Å². The first-order valence-electron chi connectivity index (χ1n) is 8.97. The summed E-state index contributed by atoms with van der Waals surface area (Å²) in [6.45, 7) is 5.48. The fraction of sp³-hybridized carbons (Fsp3) is 0.667. The fourth-order valence-electron chi connectivity index (χ4n) is 4.00. The van der Waals surface area contributed by atoms with Crippen LogP contribution in [0.1, 0.15) is 25.3 Å². The standard InChI is InChI=1S/C18H27NO5S2/c1-13-6-8-19(9-7-13)16-11-25(20,21)12-18(16)26(22,23)15-4-5-17(24-3)14(2)10-15/h4-5,10,13,16,18H,6-9,11-12H2,1-3H3/t16-,18-/m0/s1. The highest BCUT2D eigenvalue weighted by atomic mass is 32.2. The molecule has 26 heavy (non-hydrogen) atoms. The van der Waals surface area contributed by atoms with E-state index in [1.54, 1.807) is 19.1 Å². The maximum atomic E-state index is 13.3. The minimum Gasteiger partial charge on any atom is -0.496 e. The van der Waals surface area contributed by atoms with Gasteiger partial charge in [0.2, 0.25) is 0 Å². The molecule has 2 heterocycles. The Kier molecular flexibility index (Phi) is 5.38. The summed E-state index contributed by atoms with van der Waals surface area (Å²) >= 11 is 0. The molecule has 2 saturated heterocycles. The highest BCUT2D eigenvalue weighted by Crippen LogP contribution is 2.32. The van der Waals surface area contributed by atoms with Crippen LogP contribution in [0, 0.1) is 12.8 Å². The molecule has 0 saturated carbocycles. The number of sulfone groups is 2. The van der Waals surface area contributed by atoms with Crippen molar-refractivity contribution < 1.29 is 21.6 Å². The number of hydrogen-bond donors (Lipinski definition) is 0. The van der Waals surface area contributed by atoms with Gasteiger partial charge in [-0.15, -0.1) is 0 Å². The van der Waals surface area contributed by atoms with Gasteiger partial charge in [0.1, 0.15) is 5.75 Å². The number of ether oxygens (including phenoxy) is 1. The summed E-state index contributed by atoms with van der Waals surface area (Å²) in [7, 11) is -5.58. The molecule has 0 amide bonds. The Morgan fingerprint density at radius 2 is 1.81 bits per heavy atom. The summed E-state index contributed by atoms with van der Waals surface area (Å²) in [6.07, 6.45) is 1.95. The lowest BCUT2D eigenvalue weighted by molar-refractivity contribution is 0.151. The molecule has 0 unspecified atom stereocenters. The van der Waals surface area contributed by atoms with Gasteiger partial charge >= 0.3 is 0 Å². The van der Waals surface area contributed by atoms with Gasteiger partial charge in [-0.2, -0.15) is 0 Å². The predicted molar refractivity (Wildman–Crippen MR) is 101 cm³/mol. The van der Waals surface area contributed by atoms with Crippen LogP contribution in [0.4, 0.5) is 0 Å². The molecule has 2 atom stereocenters. The van der Waals surface area contributed by atoms with E-state index in [1.807, 2.05) is 0 Å². The van der Waals surface area contributed by atoms with Crippen LogP contribution in [0.3, 0.4) is 0 Å². The van der Waals surface area contributed by atoms with Crippen molar-refractivity contribution in [1.82, 2.24) is 4.90 Å². The van der Waals surface area contributed by atoms with E-state index in [4.69, 9.17) is 4.74 Å². The van der Waals surface area contributed by atoms with E-state index in [9.17, 15) is 16.8 Å². The Labute approximate surface area is 156 Å². The predicted octanol–water partition coefficient (Wildman–Crippen LogP) is 1.67. The van der Waals surface area contributed by atoms with Crippen LogP contribution in [-0.4, -0.2) is 64.7 Å². The van der Waals surface area contributed by atoms with Crippen LogP contribution < -0.4 is 4.74 Å². The lowest BCUT2D eigenvalue weighted by Crippen LogP contribution is -2.49. The van der Waals surface area contributed by atoms with Gasteiger partial charge in [-0.1, -0.05) is 6.92 Å². The van der Waals surface area contributed by atoms with Crippen LogP contribution in [0.15, 0.2) is 23.1 Å². The minimum absolute atomic E-state index is 0.0690. The molecule has 0 aromatic heterocycles. The molecule has 8 heteroatoms. The van der Waals surface area contributed by atoms with Gasteiger partial charge in [-0.05, 0) is 62.5 Å². The van der Waals surface area contributed by atoms with Crippen molar-refractivity contribution in [3.05, 3.63) is 23.8 Å². The topological polar surface area (TPSA) is 80.8 Å². The normalized spacial score (nSPS) is 27.5. The smallest absolute Gasteiger partial charge is 0.183 e. The third-order valence-electron chi connectivity index (χ3n) is 5.65. The van der Waals surface area contributed by atoms with Crippen LogP contribution in [0.25, 0.3) is 0 Å². The summed E-state index contributed by atoms with van der Waals surface area (Å²) in [4.78, 5) is 2.25. The lowest BCUT2D eigenvalue weighted by Gasteiger charge is -2.36. The molecule has 2 aliphatic heterocycles. The molecule has 0 aliphatic carbocycles. The first-order chi connectivity index (χ1) is 12.1. The number of rotatable bonds is 4. The minimum atomic E-state index is -3.75. The Hall–Kier alpha value is -1.12. The first-order valence-corrected chi connectivity index (χ1v) is 12.3. The SMILES string of the molecule is COc1ccc(S(=O)(=O)[C@H]2CS(=O)(=O)C[C@@H]2N2CCC(C)CC2)cc1C. The molecule has 1 aromatic carbocycles. The quantitative estimate of drug-likeness (QED) is 0.764. The molecule has 0 bridgehead atoms. The summed E-state index contributed by atoms with van der Waals surface area (Å²) in [6, 6.07) is 4.26. The van der Waals surface area contributed by atoms with Crippen molar-refractivity contribution in [2.45, 2.75) is 42.9 Å². The zero-order chi connectivity index (χ0) is 19.1. The maximum absolute atomic E-state index is 13.3.